The second-order valence-corrected chi connectivity index (χ2v) is 10.1. The molecule has 2 bridgehead atoms. The van der Waals surface area contributed by atoms with Gasteiger partial charge >= 0.3 is 6.09 Å². The van der Waals surface area contributed by atoms with E-state index in [0.717, 1.165) is 43.6 Å². The van der Waals surface area contributed by atoms with E-state index >= 15 is 0 Å². The Labute approximate surface area is 193 Å². The highest BCUT2D eigenvalue weighted by atomic mass is 19.3. The summed E-state index contributed by atoms with van der Waals surface area (Å²) in [6, 6.07) is 11.8. The first-order chi connectivity index (χ1) is 15.8. The van der Waals surface area contributed by atoms with Crippen molar-refractivity contribution < 1.29 is 23.0 Å². The van der Waals surface area contributed by atoms with Crippen LogP contribution in [0.5, 0.6) is 5.75 Å². The van der Waals surface area contributed by atoms with Crippen LogP contribution in [-0.4, -0.2) is 43.3 Å². The highest BCUT2D eigenvalue weighted by Gasteiger charge is 2.41. The maximum Gasteiger partial charge on any atom is 0.407 e. The van der Waals surface area contributed by atoms with Gasteiger partial charge in [0.15, 0.2) is 0 Å². The molecule has 0 radical (unpaired) electrons. The van der Waals surface area contributed by atoms with Gasteiger partial charge < -0.3 is 14.8 Å². The number of piperidine rings is 3. The van der Waals surface area contributed by atoms with Gasteiger partial charge in [0.05, 0.1) is 12.6 Å². The Morgan fingerprint density at radius 2 is 1.91 bits per heavy atom. The number of amides is 1. The van der Waals surface area contributed by atoms with Crippen molar-refractivity contribution in [3.63, 3.8) is 0 Å². The molecule has 5 nitrogen and oxygen atoms in total. The molecule has 3 saturated heterocycles. The highest BCUT2D eigenvalue weighted by Crippen LogP contribution is 2.44. The Balaban J connectivity index is 1.35. The van der Waals surface area contributed by atoms with Crippen LogP contribution in [0.25, 0.3) is 11.1 Å². The summed E-state index contributed by atoms with van der Waals surface area (Å²) in [6.45, 7) is 7.52. The maximum atomic E-state index is 13.1. The van der Waals surface area contributed by atoms with Gasteiger partial charge in [-0.05, 0) is 55.1 Å². The average Bonchev–Trinajstić information content (AvgIpc) is 2.81. The third-order valence-electron chi connectivity index (χ3n) is 7.29. The number of ether oxygens (including phenoxy) is 2. The smallest absolute Gasteiger partial charge is 0.407 e. The Bertz CT molecular complexity index is 1030. The summed E-state index contributed by atoms with van der Waals surface area (Å²) in [7, 11) is 0. The molecule has 0 aromatic heterocycles. The zero-order valence-electron chi connectivity index (χ0n) is 19.0. The van der Waals surface area contributed by atoms with Crippen molar-refractivity contribution in [3.8, 4) is 16.9 Å². The summed E-state index contributed by atoms with van der Waals surface area (Å²) < 4.78 is 38.2. The second kappa shape index (κ2) is 8.60. The monoisotopic (exact) mass is 456 g/mol. The summed E-state index contributed by atoms with van der Waals surface area (Å²) in [5, 5.41) is 3.10. The number of alkyl halides is 2. The minimum Gasteiger partial charge on any atom is -0.493 e. The van der Waals surface area contributed by atoms with Crippen molar-refractivity contribution in [1.29, 1.82) is 0 Å². The summed E-state index contributed by atoms with van der Waals surface area (Å²) in [5.74, 6) is 1.10. The normalized spacial score (nSPS) is 27.5. The number of carbonyl (C=O) groups excluding carboxylic acids is 1. The number of fused-ring (bicyclic) bond motifs is 4. The van der Waals surface area contributed by atoms with Crippen LogP contribution in [0.2, 0.25) is 0 Å². The zero-order chi connectivity index (χ0) is 23.2. The molecule has 2 atom stereocenters. The van der Waals surface area contributed by atoms with Gasteiger partial charge in [0.2, 0.25) is 0 Å². The number of nitrogens with zero attached hydrogens (tertiary/aromatic N) is 1. The van der Waals surface area contributed by atoms with Gasteiger partial charge in [-0.25, -0.2) is 13.6 Å². The van der Waals surface area contributed by atoms with E-state index in [9.17, 15) is 13.6 Å². The van der Waals surface area contributed by atoms with Crippen molar-refractivity contribution in [1.82, 2.24) is 10.2 Å². The molecule has 176 valence electrons. The minimum atomic E-state index is -2.52. The van der Waals surface area contributed by atoms with Gasteiger partial charge in [-0.1, -0.05) is 44.2 Å². The number of alkyl carbamates (subject to hydrolysis) is 1. The number of rotatable bonds is 4. The van der Waals surface area contributed by atoms with E-state index in [1.807, 2.05) is 18.2 Å². The number of nitrogens with one attached hydrogen (secondary N) is 1. The number of hydrogen-bond acceptors (Lipinski definition) is 4. The SMILES string of the molecule is CC1(C)COc2cc(-c3cccc(C(F)F)c3)ccc2C1NC(=O)O[C@@H]1CN2CCC1CC2. The predicted octanol–water partition coefficient (Wildman–Crippen LogP) is 5.57. The summed E-state index contributed by atoms with van der Waals surface area (Å²) in [6.07, 6.45) is -0.804. The Morgan fingerprint density at radius 3 is 2.61 bits per heavy atom. The first-order valence-corrected chi connectivity index (χ1v) is 11.6. The largest absolute Gasteiger partial charge is 0.493 e. The highest BCUT2D eigenvalue weighted by molar-refractivity contribution is 5.70. The van der Waals surface area contributed by atoms with Crippen molar-refractivity contribution in [2.75, 3.05) is 26.2 Å². The van der Waals surface area contributed by atoms with Crippen LogP contribution in [0.3, 0.4) is 0 Å². The molecule has 0 spiro atoms. The molecule has 1 amide bonds. The molecular formula is C26H30F2N2O3. The van der Waals surface area contributed by atoms with E-state index < -0.39 is 12.5 Å². The number of halogens is 2. The molecule has 1 N–H and O–H groups in total. The lowest BCUT2D eigenvalue weighted by atomic mass is 9.78. The van der Waals surface area contributed by atoms with E-state index in [-0.39, 0.29) is 23.1 Å². The van der Waals surface area contributed by atoms with Gasteiger partial charge in [-0.15, -0.1) is 0 Å². The fourth-order valence-electron chi connectivity index (χ4n) is 5.31. The Morgan fingerprint density at radius 1 is 1.15 bits per heavy atom. The quantitative estimate of drug-likeness (QED) is 0.653. The number of benzene rings is 2. The number of hydrogen-bond donors (Lipinski definition) is 1. The fourth-order valence-corrected chi connectivity index (χ4v) is 5.31. The van der Waals surface area contributed by atoms with Crippen molar-refractivity contribution in [2.24, 2.45) is 11.3 Å². The standard InChI is InChI=1S/C26H30F2N2O3/c1-26(2)15-32-21-13-18(17-4-3-5-19(12-17)24(27)28)6-7-20(21)23(26)29-25(31)33-22-14-30-10-8-16(22)9-11-30/h3-7,12-13,16,22-24H,8-11,14-15H2,1-2H3,(H,29,31)/t22-,23?/m1/s1. The second-order valence-electron chi connectivity index (χ2n) is 10.1. The van der Waals surface area contributed by atoms with Crippen LogP contribution in [-0.2, 0) is 4.74 Å². The maximum absolute atomic E-state index is 13.1. The van der Waals surface area contributed by atoms with Crippen molar-refractivity contribution in [3.05, 3.63) is 53.6 Å². The Kier molecular flexibility index (Phi) is 5.77. The minimum absolute atomic E-state index is 0.0118. The molecule has 1 unspecified atom stereocenters. The first-order valence-electron chi connectivity index (χ1n) is 11.6. The lowest BCUT2D eigenvalue weighted by Crippen LogP contribution is -2.53. The molecular weight excluding hydrogens is 426 g/mol. The fraction of sp³-hybridized carbons (Fsp3) is 0.500. The van der Waals surface area contributed by atoms with Crippen LogP contribution in [0.15, 0.2) is 42.5 Å². The molecule has 2 aromatic carbocycles. The van der Waals surface area contributed by atoms with Gasteiger partial charge in [0.25, 0.3) is 6.43 Å². The van der Waals surface area contributed by atoms with Crippen molar-refractivity contribution >= 4 is 6.09 Å². The lowest BCUT2D eigenvalue weighted by molar-refractivity contribution is -0.0361. The lowest BCUT2D eigenvalue weighted by Gasteiger charge is -2.44. The molecule has 4 aliphatic heterocycles. The Hall–Kier alpha value is -2.67. The summed E-state index contributed by atoms with van der Waals surface area (Å²) >= 11 is 0. The van der Waals surface area contributed by atoms with Gasteiger partial charge in [-0.2, -0.15) is 0 Å². The molecule has 7 heteroatoms. The third kappa shape index (κ3) is 4.43. The first kappa shape index (κ1) is 22.1. The predicted molar refractivity (Wildman–Crippen MR) is 121 cm³/mol. The van der Waals surface area contributed by atoms with Crippen molar-refractivity contribution in [2.45, 2.75) is 45.3 Å². The topological polar surface area (TPSA) is 50.8 Å². The van der Waals surface area contributed by atoms with Crippen LogP contribution >= 0.6 is 0 Å². The van der Waals surface area contributed by atoms with E-state index in [2.05, 4.69) is 24.1 Å². The summed E-state index contributed by atoms with van der Waals surface area (Å²) in [5.41, 5.74) is 2.02. The van der Waals surface area contributed by atoms with Crippen LogP contribution < -0.4 is 10.1 Å². The molecule has 3 fully saturated rings. The molecule has 2 aromatic rings. The van der Waals surface area contributed by atoms with Gasteiger partial charge in [-0.3, -0.25) is 4.90 Å². The molecule has 6 rings (SSSR count). The van der Waals surface area contributed by atoms with Gasteiger partial charge in [0.1, 0.15) is 11.9 Å². The van der Waals surface area contributed by atoms with Gasteiger partial charge in [0, 0.05) is 23.1 Å². The zero-order valence-corrected chi connectivity index (χ0v) is 19.0. The third-order valence-corrected chi connectivity index (χ3v) is 7.29. The average molecular weight is 457 g/mol. The molecule has 0 aliphatic carbocycles. The molecule has 33 heavy (non-hydrogen) atoms. The van der Waals surface area contributed by atoms with E-state index in [1.54, 1.807) is 12.1 Å². The number of carbonyl (C=O) groups is 1. The molecule has 4 aliphatic rings. The van der Waals surface area contributed by atoms with E-state index in [0.29, 0.717) is 23.8 Å². The molecule has 0 saturated carbocycles. The van der Waals surface area contributed by atoms with E-state index in [1.165, 1.54) is 12.1 Å². The molecule has 4 heterocycles. The van der Waals surface area contributed by atoms with E-state index in [4.69, 9.17) is 9.47 Å². The van der Waals surface area contributed by atoms with Crippen LogP contribution in [0.4, 0.5) is 13.6 Å². The summed E-state index contributed by atoms with van der Waals surface area (Å²) in [4.78, 5) is 15.2. The van der Waals surface area contributed by atoms with Crippen LogP contribution in [0.1, 0.15) is 50.3 Å². The van der Waals surface area contributed by atoms with Crippen LogP contribution in [0, 0.1) is 11.3 Å².